The van der Waals surface area contributed by atoms with E-state index in [2.05, 4.69) is 17.2 Å². The maximum atomic E-state index is 12.0. The molecule has 1 N–H and O–H groups in total. The molecule has 0 aliphatic heterocycles. The third-order valence-electron chi connectivity index (χ3n) is 3.39. The first-order valence-corrected chi connectivity index (χ1v) is 6.65. The van der Waals surface area contributed by atoms with E-state index >= 15 is 0 Å². The molecule has 2 rings (SSSR count). The van der Waals surface area contributed by atoms with Gasteiger partial charge in [-0.15, -0.1) is 0 Å². The van der Waals surface area contributed by atoms with Gasteiger partial charge in [0.05, 0.1) is 6.54 Å². The number of aromatic nitrogens is 1. The van der Waals surface area contributed by atoms with Crippen LogP contribution in [-0.2, 0) is 4.79 Å². The van der Waals surface area contributed by atoms with E-state index in [1.807, 2.05) is 30.2 Å². The van der Waals surface area contributed by atoms with Gasteiger partial charge in [0.1, 0.15) is 0 Å². The second-order valence-electron chi connectivity index (χ2n) is 4.80. The Balaban J connectivity index is 1.82. The minimum atomic E-state index is 0.153. The molecular weight excluding hydrogens is 226 g/mol. The molecule has 1 fully saturated rings. The Labute approximate surface area is 108 Å². The average Bonchev–Trinajstić information content (AvgIpc) is 3.22. The molecule has 4 heteroatoms. The SMILES string of the molecule is CCN(C(=O)CNC(C)c1cccnc1)C1CC1. The van der Waals surface area contributed by atoms with Gasteiger partial charge in [0, 0.05) is 31.0 Å². The van der Waals surface area contributed by atoms with Crippen molar-refractivity contribution in [2.75, 3.05) is 13.1 Å². The summed E-state index contributed by atoms with van der Waals surface area (Å²) in [6.07, 6.45) is 5.92. The Morgan fingerprint density at radius 1 is 1.61 bits per heavy atom. The molecule has 1 aliphatic rings. The molecule has 18 heavy (non-hydrogen) atoms. The molecule has 4 nitrogen and oxygen atoms in total. The van der Waals surface area contributed by atoms with E-state index in [0.29, 0.717) is 12.6 Å². The van der Waals surface area contributed by atoms with Gasteiger partial charge in [0.15, 0.2) is 0 Å². The first kappa shape index (κ1) is 13.0. The van der Waals surface area contributed by atoms with Crippen LogP contribution in [0.3, 0.4) is 0 Å². The summed E-state index contributed by atoms with van der Waals surface area (Å²) in [6, 6.07) is 4.59. The summed E-state index contributed by atoms with van der Waals surface area (Å²) in [6.45, 7) is 5.31. The van der Waals surface area contributed by atoms with Crippen molar-refractivity contribution in [3.05, 3.63) is 30.1 Å². The number of pyridine rings is 1. The summed E-state index contributed by atoms with van der Waals surface area (Å²) in [7, 11) is 0. The zero-order chi connectivity index (χ0) is 13.0. The normalized spacial score (nSPS) is 16.3. The minimum Gasteiger partial charge on any atom is -0.339 e. The van der Waals surface area contributed by atoms with Crippen LogP contribution in [0.25, 0.3) is 0 Å². The predicted molar refractivity (Wildman–Crippen MR) is 71.1 cm³/mol. The van der Waals surface area contributed by atoms with Crippen LogP contribution in [0, 0.1) is 0 Å². The number of rotatable bonds is 6. The number of hydrogen-bond donors (Lipinski definition) is 1. The number of hydrogen-bond acceptors (Lipinski definition) is 3. The van der Waals surface area contributed by atoms with E-state index in [0.717, 1.165) is 24.9 Å². The Hall–Kier alpha value is -1.42. The fourth-order valence-corrected chi connectivity index (χ4v) is 2.12. The monoisotopic (exact) mass is 247 g/mol. The molecule has 0 bridgehead atoms. The largest absolute Gasteiger partial charge is 0.339 e. The fourth-order valence-electron chi connectivity index (χ4n) is 2.12. The highest BCUT2D eigenvalue weighted by atomic mass is 16.2. The lowest BCUT2D eigenvalue weighted by Gasteiger charge is -2.22. The molecule has 1 aliphatic carbocycles. The van der Waals surface area contributed by atoms with Crippen molar-refractivity contribution in [3.63, 3.8) is 0 Å². The number of carbonyl (C=O) groups excluding carboxylic acids is 1. The average molecular weight is 247 g/mol. The molecule has 0 aromatic carbocycles. The van der Waals surface area contributed by atoms with Crippen LogP contribution in [0.15, 0.2) is 24.5 Å². The van der Waals surface area contributed by atoms with Crippen molar-refractivity contribution in [2.24, 2.45) is 0 Å². The number of amides is 1. The quantitative estimate of drug-likeness (QED) is 0.833. The summed E-state index contributed by atoms with van der Waals surface area (Å²) >= 11 is 0. The van der Waals surface area contributed by atoms with E-state index in [9.17, 15) is 4.79 Å². The van der Waals surface area contributed by atoms with Crippen molar-refractivity contribution < 1.29 is 4.79 Å². The number of nitrogens with one attached hydrogen (secondary N) is 1. The lowest BCUT2D eigenvalue weighted by atomic mass is 10.1. The summed E-state index contributed by atoms with van der Waals surface area (Å²) in [5.41, 5.74) is 1.11. The van der Waals surface area contributed by atoms with Crippen LogP contribution in [-0.4, -0.2) is 34.9 Å². The molecule has 0 saturated heterocycles. The zero-order valence-electron chi connectivity index (χ0n) is 11.1. The lowest BCUT2D eigenvalue weighted by molar-refractivity contribution is -0.130. The van der Waals surface area contributed by atoms with Gasteiger partial charge in [0.2, 0.25) is 5.91 Å². The minimum absolute atomic E-state index is 0.153. The first-order valence-electron chi connectivity index (χ1n) is 6.65. The second kappa shape index (κ2) is 5.96. The maximum Gasteiger partial charge on any atom is 0.236 e. The van der Waals surface area contributed by atoms with Crippen molar-refractivity contribution in [1.82, 2.24) is 15.2 Å². The molecule has 0 radical (unpaired) electrons. The smallest absolute Gasteiger partial charge is 0.236 e. The zero-order valence-corrected chi connectivity index (χ0v) is 11.1. The first-order chi connectivity index (χ1) is 8.72. The molecule has 1 aromatic heterocycles. The van der Waals surface area contributed by atoms with Crippen molar-refractivity contribution in [1.29, 1.82) is 0 Å². The summed E-state index contributed by atoms with van der Waals surface area (Å²) in [4.78, 5) is 18.1. The van der Waals surface area contributed by atoms with Crippen LogP contribution in [0.1, 0.15) is 38.3 Å². The molecule has 98 valence electrons. The summed E-state index contributed by atoms with van der Waals surface area (Å²) in [5, 5.41) is 3.26. The van der Waals surface area contributed by atoms with Gasteiger partial charge in [-0.25, -0.2) is 0 Å². The Morgan fingerprint density at radius 2 is 2.39 bits per heavy atom. The second-order valence-corrected chi connectivity index (χ2v) is 4.80. The number of likely N-dealkylation sites (N-methyl/N-ethyl adjacent to an activating group) is 1. The van der Waals surface area contributed by atoms with E-state index in [1.165, 1.54) is 0 Å². The standard InChI is InChI=1S/C14H21N3O/c1-3-17(13-6-7-13)14(18)10-16-11(2)12-5-4-8-15-9-12/h4-5,8-9,11,13,16H,3,6-7,10H2,1-2H3. The van der Waals surface area contributed by atoms with Gasteiger partial charge in [-0.3, -0.25) is 9.78 Å². The molecule has 0 spiro atoms. The Bertz CT molecular complexity index is 389. The van der Waals surface area contributed by atoms with Crippen LogP contribution < -0.4 is 5.32 Å². The third kappa shape index (κ3) is 3.29. The van der Waals surface area contributed by atoms with Crippen LogP contribution in [0.4, 0.5) is 0 Å². The van der Waals surface area contributed by atoms with Crippen LogP contribution in [0.5, 0.6) is 0 Å². The summed E-state index contributed by atoms with van der Waals surface area (Å²) in [5.74, 6) is 0.204. The molecule has 1 saturated carbocycles. The van der Waals surface area contributed by atoms with E-state index < -0.39 is 0 Å². The molecule has 1 heterocycles. The fraction of sp³-hybridized carbons (Fsp3) is 0.571. The maximum absolute atomic E-state index is 12.0. The van der Waals surface area contributed by atoms with Crippen LogP contribution >= 0.6 is 0 Å². The number of nitrogens with zero attached hydrogens (tertiary/aromatic N) is 2. The predicted octanol–water partition coefficient (Wildman–Crippen LogP) is 1.74. The Morgan fingerprint density at radius 3 is 2.94 bits per heavy atom. The van der Waals surface area contributed by atoms with Crippen molar-refractivity contribution in [2.45, 2.75) is 38.8 Å². The van der Waals surface area contributed by atoms with E-state index in [-0.39, 0.29) is 11.9 Å². The highest BCUT2D eigenvalue weighted by Gasteiger charge is 2.31. The van der Waals surface area contributed by atoms with Gasteiger partial charge < -0.3 is 10.2 Å². The highest BCUT2D eigenvalue weighted by Crippen LogP contribution is 2.26. The van der Waals surface area contributed by atoms with Crippen LogP contribution in [0.2, 0.25) is 0 Å². The molecule has 1 atom stereocenters. The molecule has 1 aromatic rings. The lowest BCUT2D eigenvalue weighted by Crippen LogP contribution is -2.40. The van der Waals surface area contributed by atoms with Gasteiger partial charge in [-0.1, -0.05) is 6.07 Å². The molecular formula is C14H21N3O. The molecule has 1 amide bonds. The topological polar surface area (TPSA) is 45.2 Å². The van der Waals surface area contributed by atoms with E-state index in [1.54, 1.807) is 6.20 Å². The van der Waals surface area contributed by atoms with Gasteiger partial charge in [-0.2, -0.15) is 0 Å². The van der Waals surface area contributed by atoms with Gasteiger partial charge in [-0.05, 0) is 38.3 Å². The van der Waals surface area contributed by atoms with Gasteiger partial charge >= 0.3 is 0 Å². The summed E-state index contributed by atoms with van der Waals surface area (Å²) < 4.78 is 0. The van der Waals surface area contributed by atoms with Crippen molar-refractivity contribution in [3.8, 4) is 0 Å². The van der Waals surface area contributed by atoms with E-state index in [4.69, 9.17) is 0 Å². The highest BCUT2D eigenvalue weighted by molar-refractivity contribution is 5.78. The Kier molecular flexibility index (Phi) is 4.31. The van der Waals surface area contributed by atoms with Gasteiger partial charge in [0.25, 0.3) is 0 Å². The number of carbonyl (C=O) groups is 1. The third-order valence-corrected chi connectivity index (χ3v) is 3.39. The van der Waals surface area contributed by atoms with Crippen molar-refractivity contribution >= 4 is 5.91 Å². The molecule has 1 unspecified atom stereocenters.